The Hall–Kier alpha value is -4.71. The molecule has 0 aliphatic carbocycles. The van der Waals surface area contributed by atoms with Gasteiger partial charge in [0.05, 0.1) is 28.8 Å². The van der Waals surface area contributed by atoms with Crippen molar-refractivity contribution in [2.45, 2.75) is 20.0 Å². The number of methoxy groups -OCH3 is 1. The van der Waals surface area contributed by atoms with Gasteiger partial charge in [0.15, 0.2) is 11.5 Å². The van der Waals surface area contributed by atoms with Crippen LogP contribution in [0.1, 0.15) is 24.5 Å². The van der Waals surface area contributed by atoms with Crippen molar-refractivity contribution in [2.24, 2.45) is 0 Å². The van der Waals surface area contributed by atoms with Crippen LogP contribution in [0, 0.1) is 10.1 Å². The molecular formula is C28H24BrN3O8. The molecule has 1 N–H and O–H groups in total. The van der Waals surface area contributed by atoms with E-state index in [1.807, 2.05) is 6.92 Å². The zero-order chi connectivity index (χ0) is 28.8. The van der Waals surface area contributed by atoms with Crippen LogP contribution in [0.15, 0.2) is 70.7 Å². The van der Waals surface area contributed by atoms with Crippen LogP contribution in [0.5, 0.6) is 17.2 Å². The topological polar surface area (TPSA) is 137 Å². The fraction of sp³-hybridized carbons (Fsp3) is 0.179. The summed E-state index contributed by atoms with van der Waals surface area (Å²) in [4.78, 5) is 49.9. The number of rotatable bonds is 10. The predicted octanol–water partition coefficient (Wildman–Crippen LogP) is 5.40. The molecule has 0 radical (unpaired) electrons. The van der Waals surface area contributed by atoms with E-state index in [2.05, 4.69) is 21.2 Å². The van der Waals surface area contributed by atoms with E-state index < -0.39 is 22.8 Å². The number of non-ortho nitro benzene ring substituents is 1. The van der Waals surface area contributed by atoms with Crippen LogP contribution in [-0.4, -0.2) is 36.5 Å². The van der Waals surface area contributed by atoms with Gasteiger partial charge in [-0.05, 0) is 76.0 Å². The standard InChI is InChI=1S/C28H24BrN3O8/c1-3-11-39-21-9-7-19(8-10-21)31-27(34)22(26(33)30-28(31)35)13-18-14-23(29)25(24(15-18)38-2)40-16-17-5-4-6-20(12-17)32(36)37/h4-10,12-15H,3,11,16H2,1-2H3,(H,30,33,35)/b22-13-. The molecule has 206 valence electrons. The molecule has 0 bridgehead atoms. The first-order chi connectivity index (χ1) is 19.2. The highest BCUT2D eigenvalue weighted by Gasteiger charge is 2.37. The second-order valence-corrected chi connectivity index (χ2v) is 9.40. The molecule has 4 amide bonds. The normalized spacial score (nSPS) is 14.2. The van der Waals surface area contributed by atoms with E-state index in [4.69, 9.17) is 14.2 Å². The van der Waals surface area contributed by atoms with E-state index in [9.17, 15) is 24.5 Å². The molecule has 11 nitrogen and oxygen atoms in total. The summed E-state index contributed by atoms with van der Waals surface area (Å²) in [7, 11) is 1.42. The summed E-state index contributed by atoms with van der Waals surface area (Å²) in [5, 5.41) is 13.2. The molecule has 12 heteroatoms. The van der Waals surface area contributed by atoms with Gasteiger partial charge in [-0.3, -0.25) is 25.0 Å². The number of benzene rings is 3. The predicted molar refractivity (Wildman–Crippen MR) is 149 cm³/mol. The summed E-state index contributed by atoms with van der Waals surface area (Å²) < 4.78 is 17.3. The van der Waals surface area contributed by atoms with Crippen LogP contribution in [0.25, 0.3) is 6.08 Å². The molecule has 1 fully saturated rings. The SMILES string of the molecule is CCCOc1ccc(N2C(=O)NC(=O)/C(=C/c3cc(Br)c(OCc4cccc([N+](=O)[O-])c4)c(OC)c3)C2=O)cc1. The summed E-state index contributed by atoms with van der Waals surface area (Å²) >= 11 is 3.42. The molecule has 0 saturated carbocycles. The molecule has 1 aliphatic heterocycles. The number of urea groups is 1. The van der Waals surface area contributed by atoms with Gasteiger partial charge in [0, 0.05) is 12.1 Å². The number of nitrogens with one attached hydrogen (secondary N) is 1. The Morgan fingerprint density at radius 1 is 1.05 bits per heavy atom. The third-order valence-corrected chi connectivity index (χ3v) is 6.33. The Kier molecular flexibility index (Phi) is 8.80. The first-order valence-electron chi connectivity index (χ1n) is 12.1. The molecule has 3 aromatic rings. The van der Waals surface area contributed by atoms with Crippen LogP contribution in [-0.2, 0) is 16.2 Å². The molecular weight excluding hydrogens is 586 g/mol. The lowest BCUT2D eigenvalue weighted by Crippen LogP contribution is -2.54. The lowest BCUT2D eigenvalue weighted by atomic mass is 10.1. The quantitative estimate of drug-likeness (QED) is 0.140. The maximum Gasteiger partial charge on any atom is 0.335 e. The van der Waals surface area contributed by atoms with Gasteiger partial charge in [-0.25, -0.2) is 9.69 Å². The molecule has 40 heavy (non-hydrogen) atoms. The Morgan fingerprint density at radius 3 is 2.48 bits per heavy atom. The number of nitro groups is 1. The fourth-order valence-electron chi connectivity index (χ4n) is 3.85. The monoisotopic (exact) mass is 609 g/mol. The summed E-state index contributed by atoms with van der Waals surface area (Å²) in [6.45, 7) is 2.53. The molecule has 0 atom stereocenters. The maximum absolute atomic E-state index is 13.3. The van der Waals surface area contributed by atoms with Gasteiger partial charge in [0.2, 0.25) is 0 Å². The second-order valence-electron chi connectivity index (χ2n) is 8.55. The lowest BCUT2D eigenvalue weighted by Gasteiger charge is -2.26. The number of carbonyl (C=O) groups excluding carboxylic acids is 3. The van der Waals surface area contributed by atoms with Gasteiger partial charge in [0.25, 0.3) is 17.5 Å². The highest BCUT2D eigenvalue weighted by atomic mass is 79.9. The average Bonchev–Trinajstić information content (AvgIpc) is 2.94. The second kappa shape index (κ2) is 12.4. The van der Waals surface area contributed by atoms with Crippen molar-refractivity contribution in [1.29, 1.82) is 0 Å². The number of carbonyl (C=O) groups is 3. The third-order valence-electron chi connectivity index (χ3n) is 5.74. The highest BCUT2D eigenvalue weighted by molar-refractivity contribution is 9.10. The van der Waals surface area contributed by atoms with Gasteiger partial charge in [-0.15, -0.1) is 0 Å². The number of nitrogens with zero attached hydrogens (tertiary/aromatic N) is 2. The summed E-state index contributed by atoms with van der Waals surface area (Å²) in [6, 6.07) is 14.7. The number of nitro benzene ring substituents is 1. The minimum absolute atomic E-state index is 0.0251. The van der Waals surface area contributed by atoms with E-state index in [1.165, 1.54) is 25.3 Å². The third kappa shape index (κ3) is 6.29. The molecule has 1 aliphatic rings. The molecule has 0 unspecified atom stereocenters. The van der Waals surface area contributed by atoms with Crippen LogP contribution in [0.2, 0.25) is 0 Å². The van der Waals surface area contributed by atoms with Crippen molar-refractivity contribution >= 4 is 51.2 Å². The van der Waals surface area contributed by atoms with Crippen molar-refractivity contribution in [3.05, 3.63) is 92.0 Å². The first-order valence-corrected chi connectivity index (χ1v) is 12.9. The lowest BCUT2D eigenvalue weighted by molar-refractivity contribution is -0.384. The van der Waals surface area contributed by atoms with E-state index in [0.29, 0.717) is 33.7 Å². The van der Waals surface area contributed by atoms with E-state index >= 15 is 0 Å². The number of ether oxygens (including phenoxy) is 3. The number of amides is 4. The minimum Gasteiger partial charge on any atom is -0.494 e. The molecule has 0 spiro atoms. The van der Waals surface area contributed by atoms with Crippen molar-refractivity contribution in [3.63, 3.8) is 0 Å². The number of hydrogen-bond acceptors (Lipinski definition) is 8. The number of anilines is 1. The summed E-state index contributed by atoms with van der Waals surface area (Å²) in [5.41, 5.74) is 0.951. The van der Waals surface area contributed by atoms with E-state index in [0.717, 1.165) is 11.3 Å². The number of imide groups is 2. The van der Waals surface area contributed by atoms with Gasteiger partial charge in [-0.1, -0.05) is 19.1 Å². The van der Waals surface area contributed by atoms with Gasteiger partial charge >= 0.3 is 6.03 Å². The van der Waals surface area contributed by atoms with Crippen LogP contribution in [0.4, 0.5) is 16.2 Å². The Bertz CT molecular complexity index is 1500. The minimum atomic E-state index is -0.863. The van der Waals surface area contributed by atoms with E-state index in [-0.39, 0.29) is 29.3 Å². The van der Waals surface area contributed by atoms with Crippen molar-refractivity contribution in [1.82, 2.24) is 5.32 Å². The highest BCUT2D eigenvalue weighted by Crippen LogP contribution is 2.38. The van der Waals surface area contributed by atoms with E-state index in [1.54, 1.807) is 48.5 Å². The smallest absolute Gasteiger partial charge is 0.335 e. The zero-order valence-corrected chi connectivity index (χ0v) is 23.1. The molecule has 1 saturated heterocycles. The van der Waals surface area contributed by atoms with Gasteiger partial charge < -0.3 is 14.2 Å². The fourth-order valence-corrected chi connectivity index (χ4v) is 4.42. The van der Waals surface area contributed by atoms with Crippen molar-refractivity contribution in [3.8, 4) is 17.2 Å². The van der Waals surface area contributed by atoms with Gasteiger partial charge in [0.1, 0.15) is 17.9 Å². The van der Waals surface area contributed by atoms with Crippen LogP contribution >= 0.6 is 15.9 Å². The Morgan fingerprint density at radius 2 is 1.80 bits per heavy atom. The number of barbiturate groups is 1. The summed E-state index contributed by atoms with van der Waals surface area (Å²) in [6.07, 6.45) is 2.17. The average molecular weight is 610 g/mol. The molecule has 3 aromatic carbocycles. The maximum atomic E-state index is 13.3. The van der Waals surface area contributed by atoms with Gasteiger partial charge in [-0.2, -0.15) is 0 Å². The Balaban J connectivity index is 1.59. The largest absolute Gasteiger partial charge is 0.494 e. The molecule has 4 rings (SSSR count). The molecule has 0 aromatic heterocycles. The Labute approximate surface area is 237 Å². The number of hydrogen-bond donors (Lipinski definition) is 1. The van der Waals surface area contributed by atoms with Crippen LogP contribution < -0.4 is 24.4 Å². The van der Waals surface area contributed by atoms with Crippen molar-refractivity contribution < 1.29 is 33.5 Å². The summed E-state index contributed by atoms with van der Waals surface area (Å²) in [5.74, 6) is -0.442. The first kappa shape index (κ1) is 28.3. The molecule has 1 heterocycles. The van der Waals surface area contributed by atoms with Crippen LogP contribution in [0.3, 0.4) is 0 Å². The zero-order valence-electron chi connectivity index (χ0n) is 21.5. The van der Waals surface area contributed by atoms with Crippen molar-refractivity contribution in [2.75, 3.05) is 18.6 Å². The number of halogens is 1.